The molecule has 4 rings (SSSR count). The molecule has 2 aromatic rings. The lowest BCUT2D eigenvalue weighted by Gasteiger charge is -2.36. The third kappa shape index (κ3) is 5.38. The number of halogens is 1. The summed E-state index contributed by atoms with van der Waals surface area (Å²) in [5.41, 5.74) is 3.16. The molecule has 0 aromatic heterocycles. The quantitative estimate of drug-likeness (QED) is 0.553. The Kier molecular flexibility index (Phi) is 7.59. The van der Waals surface area contributed by atoms with Crippen molar-refractivity contribution >= 4 is 28.9 Å². The minimum absolute atomic E-state index is 0.180. The van der Waals surface area contributed by atoms with Crippen LogP contribution >= 0.6 is 11.6 Å². The van der Waals surface area contributed by atoms with Crippen LogP contribution in [-0.2, 0) is 0 Å². The largest absolute Gasteiger partial charge is 0.508 e. The fourth-order valence-corrected chi connectivity index (χ4v) is 5.26. The summed E-state index contributed by atoms with van der Waals surface area (Å²) in [6, 6.07) is 10.9. The number of phenols is 1. The monoisotopic (exact) mass is 455 g/mol. The van der Waals surface area contributed by atoms with Crippen LogP contribution in [-0.4, -0.2) is 48.6 Å². The standard InChI is InChI=1S/C26H34ClN3O2/c1-2-29-13-15-30(16-14-29)24-11-10-21(18-23(24)27)28-26(32)20-9-12-25(31)22(17-20)19-7-5-3-4-6-8-19/h9-12,17-19,31H,2-8,13-16H2,1H3,(H,28,32). The van der Waals surface area contributed by atoms with Gasteiger partial charge in [-0.05, 0) is 67.3 Å². The molecule has 1 heterocycles. The molecule has 1 aliphatic heterocycles. The van der Waals surface area contributed by atoms with Gasteiger partial charge in [-0.3, -0.25) is 4.79 Å². The van der Waals surface area contributed by atoms with E-state index >= 15 is 0 Å². The van der Waals surface area contributed by atoms with Gasteiger partial charge in [-0.15, -0.1) is 0 Å². The fraction of sp³-hybridized carbons (Fsp3) is 0.500. The smallest absolute Gasteiger partial charge is 0.255 e. The number of amides is 1. The summed E-state index contributed by atoms with van der Waals surface area (Å²) < 4.78 is 0. The highest BCUT2D eigenvalue weighted by atomic mass is 35.5. The van der Waals surface area contributed by atoms with Gasteiger partial charge in [0.25, 0.3) is 5.91 Å². The van der Waals surface area contributed by atoms with Crippen LogP contribution in [0.3, 0.4) is 0 Å². The molecule has 0 atom stereocenters. The average Bonchev–Trinajstić information content (AvgIpc) is 3.09. The maximum absolute atomic E-state index is 12.9. The van der Waals surface area contributed by atoms with Crippen molar-refractivity contribution in [3.05, 3.63) is 52.5 Å². The number of rotatable bonds is 5. The third-order valence-corrected chi connectivity index (χ3v) is 7.25. The first-order valence-electron chi connectivity index (χ1n) is 12.0. The van der Waals surface area contributed by atoms with Crippen molar-refractivity contribution in [1.29, 1.82) is 0 Å². The molecule has 2 N–H and O–H groups in total. The van der Waals surface area contributed by atoms with E-state index in [2.05, 4.69) is 22.0 Å². The summed E-state index contributed by atoms with van der Waals surface area (Å²) >= 11 is 6.59. The fourth-order valence-electron chi connectivity index (χ4n) is 4.96. The van der Waals surface area contributed by atoms with Gasteiger partial charge in [-0.2, -0.15) is 0 Å². The molecular formula is C26H34ClN3O2. The van der Waals surface area contributed by atoms with E-state index in [-0.39, 0.29) is 5.91 Å². The first kappa shape index (κ1) is 22.9. The van der Waals surface area contributed by atoms with E-state index < -0.39 is 0 Å². The number of piperazine rings is 1. The molecule has 2 fully saturated rings. The summed E-state index contributed by atoms with van der Waals surface area (Å²) in [7, 11) is 0. The highest BCUT2D eigenvalue weighted by Gasteiger charge is 2.21. The molecule has 0 bridgehead atoms. The number of hydrogen-bond acceptors (Lipinski definition) is 4. The topological polar surface area (TPSA) is 55.8 Å². The Morgan fingerprint density at radius 3 is 2.41 bits per heavy atom. The molecule has 2 aliphatic rings. The van der Waals surface area contributed by atoms with E-state index in [0.717, 1.165) is 56.8 Å². The highest BCUT2D eigenvalue weighted by molar-refractivity contribution is 6.33. The third-order valence-electron chi connectivity index (χ3n) is 6.95. The molecule has 0 unspecified atom stereocenters. The number of phenolic OH excluding ortho intramolecular Hbond substituents is 1. The number of benzene rings is 2. The number of carbonyl (C=O) groups is 1. The summed E-state index contributed by atoms with van der Waals surface area (Å²) in [5, 5.41) is 14.0. The molecule has 172 valence electrons. The predicted octanol–water partition coefficient (Wildman–Crippen LogP) is 5.88. The van der Waals surface area contributed by atoms with Crippen molar-refractivity contribution in [2.24, 2.45) is 0 Å². The van der Waals surface area contributed by atoms with Gasteiger partial charge < -0.3 is 20.2 Å². The van der Waals surface area contributed by atoms with Gasteiger partial charge in [0.1, 0.15) is 5.75 Å². The number of hydrogen-bond donors (Lipinski definition) is 2. The number of carbonyl (C=O) groups excluding carboxylic acids is 1. The summed E-state index contributed by atoms with van der Waals surface area (Å²) in [4.78, 5) is 17.7. The van der Waals surface area contributed by atoms with Crippen LogP contribution in [0.15, 0.2) is 36.4 Å². The van der Waals surface area contributed by atoms with Crippen LogP contribution in [0.25, 0.3) is 0 Å². The lowest BCUT2D eigenvalue weighted by atomic mass is 9.90. The number of nitrogens with one attached hydrogen (secondary N) is 1. The molecule has 1 saturated carbocycles. The Morgan fingerprint density at radius 2 is 1.75 bits per heavy atom. The lowest BCUT2D eigenvalue weighted by Crippen LogP contribution is -2.46. The van der Waals surface area contributed by atoms with Gasteiger partial charge in [-0.1, -0.05) is 44.2 Å². The van der Waals surface area contributed by atoms with Gasteiger partial charge in [0, 0.05) is 37.4 Å². The normalized spacial score (nSPS) is 18.4. The van der Waals surface area contributed by atoms with Gasteiger partial charge >= 0.3 is 0 Å². The summed E-state index contributed by atoms with van der Waals surface area (Å²) in [5.74, 6) is 0.441. The molecule has 5 nitrogen and oxygen atoms in total. The highest BCUT2D eigenvalue weighted by Crippen LogP contribution is 2.37. The van der Waals surface area contributed by atoms with Crippen molar-refractivity contribution in [1.82, 2.24) is 4.90 Å². The van der Waals surface area contributed by atoms with Gasteiger partial charge in [0.2, 0.25) is 0 Å². The molecule has 6 heteroatoms. The van der Waals surface area contributed by atoms with E-state index in [1.807, 2.05) is 24.3 Å². The zero-order valence-electron chi connectivity index (χ0n) is 18.9. The molecule has 32 heavy (non-hydrogen) atoms. The first-order valence-corrected chi connectivity index (χ1v) is 12.3. The van der Waals surface area contributed by atoms with E-state index in [9.17, 15) is 9.90 Å². The SMILES string of the molecule is CCN1CCN(c2ccc(NC(=O)c3ccc(O)c(C4CCCCCC4)c3)cc2Cl)CC1. The number of likely N-dealkylation sites (N-methyl/N-ethyl adjacent to an activating group) is 1. The van der Waals surface area contributed by atoms with Gasteiger partial charge in [0.05, 0.1) is 10.7 Å². The molecule has 1 saturated heterocycles. The first-order chi connectivity index (χ1) is 15.5. The van der Waals surface area contributed by atoms with Crippen LogP contribution in [0.4, 0.5) is 11.4 Å². The number of anilines is 2. The van der Waals surface area contributed by atoms with Crippen LogP contribution in [0, 0.1) is 0 Å². The Morgan fingerprint density at radius 1 is 1.03 bits per heavy atom. The molecule has 2 aromatic carbocycles. The average molecular weight is 456 g/mol. The second kappa shape index (κ2) is 10.6. The van der Waals surface area contributed by atoms with Gasteiger partial charge in [-0.25, -0.2) is 0 Å². The second-order valence-electron chi connectivity index (χ2n) is 9.00. The van der Waals surface area contributed by atoms with E-state index in [1.165, 1.54) is 25.7 Å². The predicted molar refractivity (Wildman–Crippen MR) is 132 cm³/mol. The zero-order chi connectivity index (χ0) is 22.5. The molecular weight excluding hydrogens is 422 g/mol. The zero-order valence-corrected chi connectivity index (χ0v) is 19.7. The Labute approximate surface area is 196 Å². The lowest BCUT2D eigenvalue weighted by molar-refractivity contribution is 0.102. The number of nitrogens with zero attached hydrogens (tertiary/aromatic N) is 2. The Balaban J connectivity index is 1.45. The van der Waals surface area contributed by atoms with Crippen molar-refractivity contribution in [2.75, 3.05) is 42.9 Å². The van der Waals surface area contributed by atoms with E-state index in [1.54, 1.807) is 12.1 Å². The van der Waals surface area contributed by atoms with E-state index in [0.29, 0.717) is 27.9 Å². The molecule has 1 aliphatic carbocycles. The maximum Gasteiger partial charge on any atom is 0.255 e. The van der Waals surface area contributed by atoms with Crippen LogP contribution in [0.2, 0.25) is 5.02 Å². The second-order valence-corrected chi connectivity index (χ2v) is 9.41. The minimum Gasteiger partial charge on any atom is -0.508 e. The molecule has 0 radical (unpaired) electrons. The summed E-state index contributed by atoms with van der Waals surface area (Å²) in [6.07, 6.45) is 7.01. The molecule has 1 amide bonds. The number of aromatic hydroxyl groups is 1. The maximum atomic E-state index is 12.9. The van der Waals surface area contributed by atoms with Crippen LogP contribution < -0.4 is 10.2 Å². The summed E-state index contributed by atoms with van der Waals surface area (Å²) in [6.45, 7) is 7.25. The minimum atomic E-state index is -0.180. The van der Waals surface area contributed by atoms with Crippen molar-refractivity contribution in [2.45, 2.75) is 51.4 Å². The Bertz CT molecular complexity index is 933. The van der Waals surface area contributed by atoms with Crippen LogP contribution in [0.1, 0.15) is 67.3 Å². The molecule has 0 spiro atoms. The van der Waals surface area contributed by atoms with Crippen molar-refractivity contribution in [3.63, 3.8) is 0 Å². The van der Waals surface area contributed by atoms with Gasteiger partial charge in [0.15, 0.2) is 0 Å². The van der Waals surface area contributed by atoms with E-state index in [4.69, 9.17) is 11.6 Å². The van der Waals surface area contributed by atoms with Crippen LogP contribution in [0.5, 0.6) is 5.75 Å². The van der Waals surface area contributed by atoms with Crippen molar-refractivity contribution < 1.29 is 9.90 Å². The Hall–Kier alpha value is -2.24. The van der Waals surface area contributed by atoms with Crippen molar-refractivity contribution in [3.8, 4) is 5.75 Å².